The Morgan fingerprint density at radius 3 is 2.84 bits per heavy atom. The molecule has 0 unspecified atom stereocenters. The zero-order chi connectivity index (χ0) is 13.8. The lowest BCUT2D eigenvalue weighted by Crippen LogP contribution is -2.07. The molecule has 0 aliphatic heterocycles. The van der Waals surface area contributed by atoms with Gasteiger partial charge >= 0.3 is 5.97 Å². The third kappa shape index (κ3) is 3.25. The van der Waals surface area contributed by atoms with E-state index in [1.165, 1.54) is 31.5 Å². The molecule has 5 nitrogen and oxygen atoms in total. The van der Waals surface area contributed by atoms with Gasteiger partial charge in [0.25, 0.3) is 0 Å². The van der Waals surface area contributed by atoms with E-state index in [9.17, 15) is 9.18 Å². The predicted octanol–water partition coefficient (Wildman–Crippen LogP) is 2.96. The van der Waals surface area contributed by atoms with Crippen molar-refractivity contribution in [2.45, 2.75) is 0 Å². The van der Waals surface area contributed by atoms with Crippen LogP contribution < -0.4 is 4.74 Å². The topological polar surface area (TPSA) is 61.3 Å². The molecule has 7 heteroatoms. The number of rotatable bonds is 3. The lowest BCUT2D eigenvalue weighted by molar-refractivity contribution is 0.0585. The third-order valence-electron chi connectivity index (χ3n) is 2.11. The second-order valence-electron chi connectivity index (χ2n) is 3.39. The molecule has 1 aromatic heterocycles. The molecule has 2 rings (SSSR count). The fourth-order valence-electron chi connectivity index (χ4n) is 1.25. The van der Waals surface area contributed by atoms with Crippen molar-refractivity contribution in [1.29, 1.82) is 0 Å². The van der Waals surface area contributed by atoms with Crippen LogP contribution in [0.1, 0.15) is 10.6 Å². The highest BCUT2D eigenvalue weighted by Crippen LogP contribution is 2.24. The van der Waals surface area contributed by atoms with Crippen LogP contribution in [0.4, 0.5) is 4.39 Å². The van der Waals surface area contributed by atoms with Gasteiger partial charge in [-0.2, -0.15) is 4.98 Å². The molecule has 0 bridgehead atoms. The number of ether oxygens (including phenoxy) is 2. The first kappa shape index (κ1) is 13.4. The van der Waals surface area contributed by atoms with Crippen LogP contribution in [0, 0.1) is 5.82 Å². The molecule has 1 heterocycles. The van der Waals surface area contributed by atoms with Crippen LogP contribution in [0.3, 0.4) is 0 Å². The summed E-state index contributed by atoms with van der Waals surface area (Å²) in [4.78, 5) is 18.8. The monoisotopic (exact) mass is 326 g/mol. The largest absolute Gasteiger partial charge is 0.463 e. The van der Waals surface area contributed by atoms with Gasteiger partial charge in [-0.05, 0) is 28.1 Å². The van der Waals surface area contributed by atoms with Crippen molar-refractivity contribution in [3.8, 4) is 11.6 Å². The predicted molar refractivity (Wildman–Crippen MR) is 67.5 cm³/mol. The maximum Gasteiger partial charge on any atom is 0.376 e. The quantitative estimate of drug-likeness (QED) is 0.811. The molecular formula is C12H8BrFN2O3. The molecule has 0 N–H and O–H groups in total. The molecule has 0 amide bonds. The summed E-state index contributed by atoms with van der Waals surface area (Å²) in [6.45, 7) is 0. The fourth-order valence-corrected chi connectivity index (χ4v) is 1.50. The molecule has 0 aliphatic carbocycles. The van der Waals surface area contributed by atoms with Crippen molar-refractivity contribution < 1.29 is 18.7 Å². The van der Waals surface area contributed by atoms with Crippen LogP contribution in [-0.2, 0) is 4.74 Å². The number of hydrogen-bond acceptors (Lipinski definition) is 5. The first-order chi connectivity index (χ1) is 9.10. The van der Waals surface area contributed by atoms with Crippen molar-refractivity contribution >= 4 is 21.9 Å². The van der Waals surface area contributed by atoms with E-state index in [-0.39, 0.29) is 17.5 Å². The van der Waals surface area contributed by atoms with Crippen molar-refractivity contribution in [1.82, 2.24) is 9.97 Å². The van der Waals surface area contributed by atoms with Crippen LogP contribution in [-0.4, -0.2) is 23.0 Å². The summed E-state index contributed by atoms with van der Waals surface area (Å²) in [7, 11) is 1.23. The normalized spacial score (nSPS) is 10.1. The molecule has 2 aromatic rings. The van der Waals surface area contributed by atoms with Crippen molar-refractivity contribution in [3.63, 3.8) is 0 Å². The number of methoxy groups -OCH3 is 1. The summed E-state index contributed by atoms with van der Waals surface area (Å²) < 4.78 is 23.5. The van der Waals surface area contributed by atoms with E-state index in [0.29, 0.717) is 4.47 Å². The standard InChI is InChI=1S/C12H8BrFN2O3/c1-18-12(17)11-15-5-4-10(16-11)19-7-2-3-8(13)9(14)6-7/h2-6H,1H3. The molecular weight excluding hydrogens is 319 g/mol. The lowest BCUT2D eigenvalue weighted by atomic mass is 10.3. The Labute approximate surface area is 116 Å². The lowest BCUT2D eigenvalue weighted by Gasteiger charge is -2.06. The van der Waals surface area contributed by atoms with Gasteiger partial charge in [-0.1, -0.05) is 0 Å². The van der Waals surface area contributed by atoms with Gasteiger partial charge in [-0.25, -0.2) is 14.2 Å². The van der Waals surface area contributed by atoms with E-state index in [0.717, 1.165) is 0 Å². The third-order valence-corrected chi connectivity index (χ3v) is 2.75. The summed E-state index contributed by atoms with van der Waals surface area (Å²) in [5.74, 6) is -0.878. The molecule has 98 valence electrons. The number of halogens is 2. The second kappa shape index (κ2) is 5.75. The zero-order valence-corrected chi connectivity index (χ0v) is 11.3. The van der Waals surface area contributed by atoms with E-state index in [4.69, 9.17) is 4.74 Å². The highest BCUT2D eigenvalue weighted by Gasteiger charge is 2.11. The first-order valence-corrected chi connectivity index (χ1v) is 5.93. The average molecular weight is 327 g/mol. The summed E-state index contributed by atoms with van der Waals surface area (Å²) in [6, 6.07) is 5.72. The summed E-state index contributed by atoms with van der Waals surface area (Å²) in [5, 5.41) is 0. The van der Waals surface area contributed by atoms with Crippen LogP contribution in [0.25, 0.3) is 0 Å². The smallest absolute Gasteiger partial charge is 0.376 e. The van der Waals surface area contributed by atoms with Gasteiger partial charge in [0.1, 0.15) is 11.6 Å². The number of nitrogens with zero attached hydrogens (tertiary/aromatic N) is 2. The maximum absolute atomic E-state index is 13.3. The summed E-state index contributed by atoms with van der Waals surface area (Å²) in [5.41, 5.74) is 0. The van der Waals surface area contributed by atoms with Crippen molar-refractivity contribution in [3.05, 3.63) is 46.6 Å². The van der Waals surface area contributed by atoms with E-state index < -0.39 is 11.8 Å². The van der Waals surface area contributed by atoms with Gasteiger partial charge in [-0.3, -0.25) is 0 Å². The van der Waals surface area contributed by atoms with Gasteiger partial charge in [0.05, 0.1) is 11.6 Å². The Kier molecular flexibility index (Phi) is 4.06. The van der Waals surface area contributed by atoms with Crippen LogP contribution in [0.5, 0.6) is 11.6 Å². The van der Waals surface area contributed by atoms with Gasteiger partial charge in [0, 0.05) is 18.3 Å². The highest BCUT2D eigenvalue weighted by atomic mass is 79.9. The molecule has 0 aliphatic rings. The van der Waals surface area contributed by atoms with Gasteiger partial charge in [0.2, 0.25) is 11.7 Å². The van der Waals surface area contributed by atoms with Gasteiger partial charge < -0.3 is 9.47 Å². The second-order valence-corrected chi connectivity index (χ2v) is 4.24. The Morgan fingerprint density at radius 1 is 1.37 bits per heavy atom. The molecule has 19 heavy (non-hydrogen) atoms. The van der Waals surface area contributed by atoms with Gasteiger partial charge in [-0.15, -0.1) is 0 Å². The van der Waals surface area contributed by atoms with Crippen LogP contribution in [0.2, 0.25) is 0 Å². The number of carbonyl (C=O) groups is 1. The van der Waals surface area contributed by atoms with E-state index >= 15 is 0 Å². The van der Waals surface area contributed by atoms with E-state index in [2.05, 4.69) is 30.6 Å². The molecule has 0 spiro atoms. The van der Waals surface area contributed by atoms with E-state index in [1.54, 1.807) is 6.07 Å². The Morgan fingerprint density at radius 2 is 2.16 bits per heavy atom. The molecule has 0 saturated heterocycles. The zero-order valence-electron chi connectivity index (χ0n) is 9.76. The molecule has 1 aromatic carbocycles. The van der Waals surface area contributed by atoms with Crippen molar-refractivity contribution in [2.24, 2.45) is 0 Å². The number of esters is 1. The number of carbonyl (C=O) groups excluding carboxylic acids is 1. The SMILES string of the molecule is COC(=O)c1nccc(Oc2ccc(Br)c(F)c2)n1. The average Bonchev–Trinajstić information content (AvgIpc) is 2.42. The Hall–Kier alpha value is -2.02. The highest BCUT2D eigenvalue weighted by molar-refractivity contribution is 9.10. The molecule has 0 radical (unpaired) electrons. The maximum atomic E-state index is 13.3. The minimum absolute atomic E-state index is 0.122. The summed E-state index contributed by atoms with van der Waals surface area (Å²) in [6.07, 6.45) is 1.35. The molecule has 0 saturated carbocycles. The minimum atomic E-state index is -0.674. The molecule has 0 fully saturated rings. The molecule has 0 atom stereocenters. The Bertz CT molecular complexity index is 622. The number of hydrogen-bond donors (Lipinski definition) is 0. The minimum Gasteiger partial charge on any atom is -0.463 e. The first-order valence-electron chi connectivity index (χ1n) is 5.14. The van der Waals surface area contributed by atoms with Gasteiger partial charge in [0.15, 0.2) is 0 Å². The van der Waals surface area contributed by atoms with Crippen LogP contribution in [0.15, 0.2) is 34.9 Å². The number of aromatic nitrogens is 2. The van der Waals surface area contributed by atoms with Crippen LogP contribution >= 0.6 is 15.9 Å². The summed E-state index contributed by atoms with van der Waals surface area (Å²) >= 11 is 3.04. The van der Waals surface area contributed by atoms with E-state index in [1.807, 2.05) is 0 Å². The fraction of sp³-hybridized carbons (Fsp3) is 0.0833. The Balaban J connectivity index is 2.23. The van der Waals surface area contributed by atoms with Crippen molar-refractivity contribution in [2.75, 3.05) is 7.11 Å². The number of benzene rings is 1.